The standard InChI is InChI=1S/C21H20N4O2/c1-24-18-12-15(20(26)23-16-6-4-5-14(11-16)13-22)8-9-17(18)21(27)25-10-3-2-7-19(24)25/h4-6,8-9,11-12,19H,2-3,7,10H2,1H3,(H,23,26). The Morgan fingerprint density at radius 1 is 1.22 bits per heavy atom. The summed E-state index contributed by atoms with van der Waals surface area (Å²) in [4.78, 5) is 29.5. The number of amides is 2. The molecule has 0 bridgehead atoms. The van der Waals surface area contributed by atoms with Crippen molar-refractivity contribution in [2.45, 2.75) is 25.4 Å². The maximum absolute atomic E-state index is 12.8. The van der Waals surface area contributed by atoms with Crippen LogP contribution in [0.4, 0.5) is 11.4 Å². The number of hydrogen-bond donors (Lipinski definition) is 1. The number of nitrogens with zero attached hydrogens (tertiary/aromatic N) is 3. The molecule has 1 N–H and O–H groups in total. The highest BCUT2D eigenvalue weighted by atomic mass is 16.2. The number of nitriles is 1. The number of hydrogen-bond acceptors (Lipinski definition) is 4. The molecule has 2 aliphatic heterocycles. The van der Waals surface area contributed by atoms with E-state index in [1.165, 1.54) is 0 Å². The normalized spacial score (nSPS) is 18.4. The van der Waals surface area contributed by atoms with Crippen LogP contribution in [0.3, 0.4) is 0 Å². The van der Waals surface area contributed by atoms with Gasteiger partial charge in [0, 0.05) is 24.8 Å². The van der Waals surface area contributed by atoms with E-state index in [1.807, 2.05) is 11.9 Å². The minimum atomic E-state index is -0.264. The van der Waals surface area contributed by atoms with Crippen LogP contribution in [0.5, 0.6) is 0 Å². The molecule has 136 valence electrons. The number of carbonyl (C=O) groups is 2. The van der Waals surface area contributed by atoms with Gasteiger partial charge in [0.2, 0.25) is 0 Å². The topological polar surface area (TPSA) is 76.4 Å². The molecule has 6 heteroatoms. The van der Waals surface area contributed by atoms with Gasteiger partial charge < -0.3 is 15.1 Å². The summed E-state index contributed by atoms with van der Waals surface area (Å²) in [5.41, 5.74) is 2.97. The Balaban J connectivity index is 1.62. The van der Waals surface area contributed by atoms with Crippen LogP contribution in [-0.4, -0.2) is 36.5 Å². The van der Waals surface area contributed by atoms with Crippen LogP contribution >= 0.6 is 0 Å². The summed E-state index contributed by atoms with van der Waals surface area (Å²) in [5, 5.41) is 11.8. The number of benzene rings is 2. The first kappa shape index (κ1) is 17.1. The molecule has 4 rings (SSSR count). The van der Waals surface area contributed by atoms with Gasteiger partial charge >= 0.3 is 0 Å². The summed E-state index contributed by atoms with van der Waals surface area (Å²) in [6, 6.07) is 14.0. The van der Waals surface area contributed by atoms with Gasteiger partial charge in [-0.2, -0.15) is 5.26 Å². The first-order chi connectivity index (χ1) is 13.1. The van der Waals surface area contributed by atoms with Gasteiger partial charge in [-0.15, -0.1) is 0 Å². The zero-order chi connectivity index (χ0) is 19.0. The fourth-order valence-electron chi connectivity index (χ4n) is 3.88. The number of rotatable bonds is 2. The van der Waals surface area contributed by atoms with Crippen molar-refractivity contribution in [3.05, 3.63) is 59.2 Å². The van der Waals surface area contributed by atoms with Crippen LogP contribution in [0.25, 0.3) is 0 Å². The second-order valence-corrected chi connectivity index (χ2v) is 6.96. The average molecular weight is 360 g/mol. The van der Waals surface area contributed by atoms with Gasteiger partial charge in [0.05, 0.1) is 22.9 Å². The van der Waals surface area contributed by atoms with E-state index in [0.717, 1.165) is 31.5 Å². The van der Waals surface area contributed by atoms with Crippen LogP contribution in [-0.2, 0) is 0 Å². The monoisotopic (exact) mass is 360 g/mol. The van der Waals surface area contributed by atoms with E-state index >= 15 is 0 Å². The highest BCUT2D eigenvalue weighted by Crippen LogP contribution is 2.34. The Kier molecular flexibility index (Phi) is 4.28. The van der Waals surface area contributed by atoms with Crippen molar-refractivity contribution in [3.63, 3.8) is 0 Å². The Morgan fingerprint density at radius 2 is 2.07 bits per heavy atom. The third-order valence-electron chi connectivity index (χ3n) is 5.30. The van der Waals surface area contributed by atoms with Gasteiger partial charge in [0.15, 0.2) is 0 Å². The number of nitrogens with one attached hydrogen (secondary N) is 1. The molecule has 2 aromatic rings. The van der Waals surface area contributed by atoms with Crippen LogP contribution in [0.2, 0.25) is 0 Å². The predicted molar refractivity (Wildman–Crippen MR) is 103 cm³/mol. The zero-order valence-corrected chi connectivity index (χ0v) is 15.1. The van der Waals surface area contributed by atoms with Crippen LogP contribution in [0.1, 0.15) is 45.5 Å². The Hall–Kier alpha value is -3.33. The molecule has 1 fully saturated rings. The van der Waals surface area contributed by atoms with Gasteiger partial charge in [-0.25, -0.2) is 0 Å². The van der Waals surface area contributed by atoms with E-state index < -0.39 is 0 Å². The molecule has 0 spiro atoms. The molecule has 27 heavy (non-hydrogen) atoms. The summed E-state index contributed by atoms with van der Waals surface area (Å²) in [6.07, 6.45) is 3.14. The molecule has 1 unspecified atom stereocenters. The lowest BCUT2D eigenvalue weighted by Crippen LogP contribution is -2.55. The lowest BCUT2D eigenvalue weighted by molar-refractivity contribution is 0.0589. The van der Waals surface area contributed by atoms with E-state index in [1.54, 1.807) is 42.5 Å². The van der Waals surface area contributed by atoms with Crippen molar-refractivity contribution in [3.8, 4) is 6.07 Å². The Morgan fingerprint density at radius 3 is 2.89 bits per heavy atom. The third kappa shape index (κ3) is 3.02. The summed E-state index contributed by atoms with van der Waals surface area (Å²) < 4.78 is 0. The predicted octanol–water partition coefficient (Wildman–Crippen LogP) is 3.21. The SMILES string of the molecule is CN1c2cc(C(=O)Nc3cccc(C#N)c3)ccc2C(=O)N2CCCCC21. The summed E-state index contributed by atoms with van der Waals surface area (Å²) in [5.74, 6) is -0.221. The van der Waals surface area contributed by atoms with Crippen LogP contribution < -0.4 is 10.2 Å². The number of piperidine rings is 1. The molecule has 0 saturated carbocycles. The maximum Gasteiger partial charge on any atom is 0.257 e. The molecule has 2 aromatic carbocycles. The molecule has 0 aromatic heterocycles. The van der Waals surface area contributed by atoms with E-state index in [0.29, 0.717) is 22.4 Å². The Bertz CT molecular complexity index is 963. The molecule has 0 aliphatic carbocycles. The first-order valence-corrected chi connectivity index (χ1v) is 9.08. The zero-order valence-electron chi connectivity index (χ0n) is 15.1. The van der Waals surface area contributed by atoms with E-state index in [4.69, 9.17) is 5.26 Å². The van der Waals surface area contributed by atoms with Gasteiger partial charge in [-0.05, 0) is 55.7 Å². The van der Waals surface area contributed by atoms with Crippen molar-refractivity contribution < 1.29 is 9.59 Å². The molecule has 2 aliphatic rings. The van der Waals surface area contributed by atoms with Crippen molar-refractivity contribution in [2.24, 2.45) is 0 Å². The van der Waals surface area contributed by atoms with Gasteiger partial charge in [-0.3, -0.25) is 9.59 Å². The van der Waals surface area contributed by atoms with Gasteiger partial charge in [0.25, 0.3) is 11.8 Å². The summed E-state index contributed by atoms with van der Waals surface area (Å²) in [6.45, 7) is 0.782. The van der Waals surface area contributed by atoms with Crippen LogP contribution in [0.15, 0.2) is 42.5 Å². The van der Waals surface area contributed by atoms with Crippen molar-refractivity contribution in [1.82, 2.24) is 4.90 Å². The molecular weight excluding hydrogens is 340 g/mol. The molecule has 2 amide bonds. The molecular formula is C21H20N4O2. The second-order valence-electron chi connectivity index (χ2n) is 6.96. The number of carbonyl (C=O) groups excluding carboxylic acids is 2. The Labute approximate surface area is 158 Å². The van der Waals surface area contributed by atoms with E-state index in [2.05, 4.69) is 16.3 Å². The van der Waals surface area contributed by atoms with Crippen molar-refractivity contribution in [1.29, 1.82) is 5.26 Å². The lowest BCUT2D eigenvalue weighted by atomic mass is 9.97. The van der Waals surface area contributed by atoms with E-state index in [9.17, 15) is 9.59 Å². The van der Waals surface area contributed by atoms with Gasteiger partial charge in [-0.1, -0.05) is 6.07 Å². The van der Waals surface area contributed by atoms with Crippen molar-refractivity contribution in [2.75, 3.05) is 23.8 Å². The minimum absolute atomic E-state index is 0.0430. The van der Waals surface area contributed by atoms with Gasteiger partial charge in [0.1, 0.15) is 6.17 Å². The summed E-state index contributed by atoms with van der Waals surface area (Å²) >= 11 is 0. The first-order valence-electron chi connectivity index (χ1n) is 9.08. The second kappa shape index (κ2) is 6.76. The molecule has 1 atom stereocenters. The highest BCUT2D eigenvalue weighted by Gasteiger charge is 2.37. The lowest BCUT2D eigenvalue weighted by Gasteiger charge is -2.46. The molecule has 0 radical (unpaired) electrons. The molecule has 6 nitrogen and oxygen atoms in total. The third-order valence-corrected chi connectivity index (χ3v) is 5.30. The average Bonchev–Trinajstić information content (AvgIpc) is 2.71. The number of anilines is 2. The molecule has 1 saturated heterocycles. The number of fused-ring (bicyclic) bond motifs is 2. The van der Waals surface area contributed by atoms with E-state index in [-0.39, 0.29) is 18.0 Å². The van der Waals surface area contributed by atoms with Crippen LogP contribution in [0, 0.1) is 11.3 Å². The summed E-state index contributed by atoms with van der Waals surface area (Å²) in [7, 11) is 1.98. The molecule has 2 heterocycles. The highest BCUT2D eigenvalue weighted by molar-refractivity contribution is 6.08. The smallest absolute Gasteiger partial charge is 0.257 e. The maximum atomic E-state index is 12.8. The van der Waals surface area contributed by atoms with Crippen molar-refractivity contribution >= 4 is 23.2 Å². The largest absolute Gasteiger partial charge is 0.354 e. The quantitative estimate of drug-likeness (QED) is 0.892. The fraction of sp³-hybridized carbons (Fsp3) is 0.286. The fourth-order valence-corrected chi connectivity index (χ4v) is 3.88. The minimum Gasteiger partial charge on any atom is -0.354 e.